The van der Waals surface area contributed by atoms with Crippen molar-refractivity contribution in [3.05, 3.63) is 17.5 Å². The molecule has 26 heavy (non-hydrogen) atoms. The van der Waals surface area contributed by atoms with E-state index in [1.165, 1.54) is 0 Å². The second-order valence-electron chi connectivity index (χ2n) is 6.10. The second-order valence-corrected chi connectivity index (χ2v) is 7.11. The largest absolute Gasteiger partial charge is 0.418 e. The number of rotatable bonds is 11. The van der Waals surface area contributed by atoms with Gasteiger partial charge in [-0.2, -0.15) is 13.5 Å². The average molecular weight is 391 g/mol. The number of nitrogens with zero attached hydrogens (tertiary/aromatic N) is 2. The lowest BCUT2D eigenvalue weighted by Gasteiger charge is -2.22. The molecule has 1 aromatic rings. The molecule has 0 spiro atoms. The Morgan fingerprint density at radius 3 is 2.96 bits per heavy atom. The van der Waals surface area contributed by atoms with Gasteiger partial charge in [0.25, 0.3) is 0 Å². The second kappa shape index (κ2) is 9.39. The molecule has 1 aliphatic rings. The zero-order chi connectivity index (χ0) is 19.2. The van der Waals surface area contributed by atoms with Crippen molar-refractivity contribution >= 4 is 16.3 Å². The highest BCUT2D eigenvalue weighted by molar-refractivity contribution is 7.80. The van der Waals surface area contributed by atoms with Gasteiger partial charge in [-0.15, -0.1) is 4.28 Å². The van der Waals surface area contributed by atoms with Gasteiger partial charge in [-0.1, -0.05) is 5.16 Å². The number of hydrogen-bond acceptors (Lipinski definition) is 9. The molecule has 2 rings (SSSR count). The number of hydroxylamine groups is 2. The van der Waals surface area contributed by atoms with E-state index in [1.807, 2.05) is 0 Å². The molecule has 12 heteroatoms. The van der Waals surface area contributed by atoms with Crippen LogP contribution < -0.4 is 16.8 Å². The lowest BCUT2D eigenvalue weighted by molar-refractivity contribution is -0.157. The van der Waals surface area contributed by atoms with Gasteiger partial charge in [0.15, 0.2) is 0 Å². The number of carbonyl (C=O) groups excluding carboxylic acids is 1. The van der Waals surface area contributed by atoms with Gasteiger partial charge in [0.1, 0.15) is 11.5 Å². The lowest BCUT2D eigenvalue weighted by Crippen LogP contribution is -2.35. The van der Waals surface area contributed by atoms with Crippen LogP contribution in [-0.2, 0) is 25.9 Å². The van der Waals surface area contributed by atoms with Gasteiger partial charge in [0, 0.05) is 38.5 Å². The Kier molecular flexibility index (Phi) is 7.49. The Hall–Kier alpha value is -1.57. The van der Waals surface area contributed by atoms with Crippen LogP contribution in [0.2, 0.25) is 0 Å². The molecule has 1 aromatic heterocycles. The Bertz CT molecular complexity index is 694. The highest BCUT2D eigenvalue weighted by Gasteiger charge is 2.35. The van der Waals surface area contributed by atoms with Crippen LogP contribution in [0.3, 0.4) is 0 Å². The molecule has 2 heterocycles. The summed E-state index contributed by atoms with van der Waals surface area (Å²) in [6.07, 6.45) is 2.09. The first kappa shape index (κ1) is 20.7. The molecule has 0 unspecified atom stereocenters. The lowest BCUT2D eigenvalue weighted by atomic mass is 10.0. The Morgan fingerprint density at radius 2 is 2.27 bits per heavy atom. The van der Waals surface area contributed by atoms with Gasteiger partial charge in [-0.25, -0.2) is 0 Å². The van der Waals surface area contributed by atoms with Gasteiger partial charge in [-0.05, 0) is 19.3 Å². The molecule has 1 aliphatic heterocycles. The summed E-state index contributed by atoms with van der Waals surface area (Å²) in [5.41, 5.74) is 12.1. The van der Waals surface area contributed by atoms with Crippen LogP contribution in [0.5, 0.6) is 0 Å². The minimum atomic E-state index is -4.74. The van der Waals surface area contributed by atoms with E-state index < -0.39 is 28.4 Å². The summed E-state index contributed by atoms with van der Waals surface area (Å²) < 4.78 is 40.1. The van der Waals surface area contributed by atoms with Crippen molar-refractivity contribution < 1.29 is 26.6 Å². The van der Waals surface area contributed by atoms with Crippen molar-refractivity contribution in [3.8, 4) is 0 Å². The monoisotopic (exact) mass is 391 g/mol. The first-order chi connectivity index (χ1) is 12.3. The maximum absolute atomic E-state index is 11.7. The molecule has 0 saturated carbocycles. The SMILES string of the molecule is NCCNCCc1cc([C@@H](N)CC[C@@H]2CCC(=O)N2OS(=O)(=O)O)no1. The minimum Gasteiger partial charge on any atom is -0.361 e. The molecule has 1 amide bonds. The number of aromatic nitrogens is 1. The molecule has 1 fully saturated rings. The third-order valence-electron chi connectivity index (χ3n) is 4.08. The fraction of sp³-hybridized carbons (Fsp3) is 0.714. The van der Waals surface area contributed by atoms with Crippen LogP contribution in [0.4, 0.5) is 0 Å². The zero-order valence-corrected chi connectivity index (χ0v) is 15.2. The summed E-state index contributed by atoms with van der Waals surface area (Å²) in [6.45, 7) is 2.00. The number of nitrogens with one attached hydrogen (secondary N) is 1. The van der Waals surface area contributed by atoms with E-state index in [-0.39, 0.29) is 6.42 Å². The molecular formula is C14H25N5O6S. The molecule has 6 N–H and O–H groups in total. The third kappa shape index (κ3) is 6.30. The van der Waals surface area contributed by atoms with Crippen molar-refractivity contribution in [2.24, 2.45) is 11.5 Å². The van der Waals surface area contributed by atoms with Gasteiger partial charge in [0.2, 0.25) is 5.91 Å². The third-order valence-corrected chi connectivity index (χ3v) is 4.43. The predicted molar refractivity (Wildman–Crippen MR) is 90.8 cm³/mol. The Labute approximate surface area is 151 Å². The van der Waals surface area contributed by atoms with E-state index in [0.717, 1.165) is 6.54 Å². The van der Waals surface area contributed by atoms with E-state index in [4.69, 9.17) is 20.5 Å². The summed E-state index contributed by atoms with van der Waals surface area (Å²) in [4.78, 5) is 11.7. The number of amides is 1. The fourth-order valence-corrected chi connectivity index (χ4v) is 3.17. The van der Waals surface area contributed by atoms with Crippen LogP contribution in [-0.4, -0.2) is 54.8 Å². The molecule has 0 bridgehead atoms. The number of nitrogens with two attached hydrogens (primary N) is 2. The summed E-state index contributed by atoms with van der Waals surface area (Å²) in [6, 6.07) is 0.885. The van der Waals surface area contributed by atoms with Gasteiger partial charge < -0.3 is 21.3 Å². The fourth-order valence-electron chi connectivity index (χ4n) is 2.77. The normalized spacial score (nSPS) is 19.3. The molecule has 0 aromatic carbocycles. The van der Waals surface area contributed by atoms with E-state index in [2.05, 4.69) is 14.8 Å². The van der Waals surface area contributed by atoms with E-state index in [9.17, 15) is 13.2 Å². The van der Waals surface area contributed by atoms with Gasteiger partial charge in [-0.3, -0.25) is 9.35 Å². The molecule has 11 nitrogen and oxygen atoms in total. The van der Waals surface area contributed by atoms with Crippen molar-refractivity contribution in [3.63, 3.8) is 0 Å². The Morgan fingerprint density at radius 1 is 1.50 bits per heavy atom. The maximum Gasteiger partial charge on any atom is 0.418 e. The van der Waals surface area contributed by atoms with Gasteiger partial charge in [0.05, 0.1) is 12.1 Å². The van der Waals surface area contributed by atoms with Crippen molar-refractivity contribution in [2.45, 2.75) is 44.2 Å². The topological polar surface area (TPSA) is 174 Å². The Balaban J connectivity index is 1.83. The van der Waals surface area contributed by atoms with E-state index in [0.29, 0.717) is 55.3 Å². The summed E-state index contributed by atoms with van der Waals surface area (Å²) >= 11 is 0. The maximum atomic E-state index is 11.7. The molecule has 0 radical (unpaired) electrons. The molecule has 148 valence electrons. The van der Waals surface area contributed by atoms with Crippen LogP contribution >= 0.6 is 0 Å². The van der Waals surface area contributed by atoms with Crippen LogP contribution in [0.1, 0.15) is 43.2 Å². The average Bonchev–Trinajstić information content (AvgIpc) is 3.17. The standard InChI is InChI=1S/C14H25N5O6S/c15-6-8-17-7-5-11-9-13(18-24-11)12(16)3-1-10-2-4-14(20)19(10)25-26(21,22)23/h9-10,12,17H,1-8,15-16H2,(H,21,22,23)/t10-,12+/m1/s1. The highest BCUT2D eigenvalue weighted by Crippen LogP contribution is 2.26. The van der Waals surface area contributed by atoms with Crippen molar-refractivity contribution in [1.29, 1.82) is 0 Å². The highest BCUT2D eigenvalue weighted by atomic mass is 32.3. The first-order valence-corrected chi connectivity index (χ1v) is 9.77. The van der Waals surface area contributed by atoms with Gasteiger partial charge >= 0.3 is 10.4 Å². The van der Waals surface area contributed by atoms with Crippen LogP contribution in [0, 0.1) is 0 Å². The minimum absolute atomic E-state index is 0.152. The smallest absolute Gasteiger partial charge is 0.361 e. The number of hydrogen-bond donors (Lipinski definition) is 4. The summed E-state index contributed by atoms with van der Waals surface area (Å²) in [5.74, 6) is 0.210. The first-order valence-electron chi connectivity index (χ1n) is 8.41. The summed E-state index contributed by atoms with van der Waals surface area (Å²) in [5, 5.41) is 7.81. The molecule has 2 atom stereocenters. The predicted octanol–water partition coefficient (Wildman–Crippen LogP) is -0.729. The molecule has 0 aliphatic carbocycles. The number of carbonyl (C=O) groups is 1. The van der Waals surface area contributed by atoms with E-state index >= 15 is 0 Å². The summed E-state index contributed by atoms with van der Waals surface area (Å²) in [7, 11) is -4.74. The van der Waals surface area contributed by atoms with Crippen molar-refractivity contribution in [2.75, 3.05) is 19.6 Å². The quantitative estimate of drug-likeness (QED) is 0.278. The van der Waals surface area contributed by atoms with Crippen LogP contribution in [0.15, 0.2) is 10.6 Å². The molecule has 1 saturated heterocycles. The van der Waals surface area contributed by atoms with Crippen molar-refractivity contribution in [1.82, 2.24) is 15.5 Å². The van der Waals surface area contributed by atoms with Crippen LogP contribution in [0.25, 0.3) is 0 Å². The zero-order valence-electron chi connectivity index (χ0n) is 14.3. The van der Waals surface area contributed by atoms with E-state index in [1.54, 1.807) is 6.07 Å². The molecular weight excluding hydrogens is 366 g/mol.